The molecule has 5 heteroatoms. The second-order valence-electron chi connectivity index (χ2n) is 7.33. The minimum atomic E-state index is -3.96. The molecule has 130 valence electrons. The molecule has 4 nitrogen and oxygen atoms in total. The third-order valence-electron chi connectivity index (χ3n) is 3.96. The highest BCUT2D eigenvalue weighted by molar-refractivity contribution is 7.93. The number of rotatable bonds is 2. The van der Waals surface area contributed by atoms with Crippen molar-refractivity contribution in [3.63, 3.8) is 0 Å². The van der Waals surface area contributed by atoms with Crippen molar-refractivity contribution in [3.05, 3.63) is 65.7 Å². The molecule has 3 rings (SSSR count). The number of para-hydroxylation sites is 1. The van der Waals surface area contributed by atoms with E-state index >= 15 is 0 Å². The molecule has 0 unspecified atom stereocenters. The van der Waals surface area contributed by atoms with Crippen molar-refractivity contribution < 1.29 is 13.2 Å². The molecule has 0 radical (unpaired) electrons. The van der Waals surface area contributed by atoms with Crippen molar-refractivity contribution in [1.82, 2.24) is 0 Å². The van der Waals surface area contributed by atoms with Gasteiger partial charge in [0.1, 0.15) is 0 Å². The first-order chi connectivity index (χ1) is 11.6. The van der Waals surface area contributed by atoms with E-state index in [4.69, 9.17) is 0 Å². The third kappa shape index (κ3) is 3.12. The van der Waals surface area contributed by atoms with E-state index in [1.54, 1.807) is 30.3 Å². The minimum absolute atomic E-state index is 0.110. The molecule has 2 aromatic rings. The molecule has 1 heterocycles. The molecular weight excluding hydrogens is 334 g/mol. The Morgan fingerprint density at radius 1 is 0.960 bits per heavy atom. The van der Waals surface area contributed by atoms with Gasteiger partial charge in [-0.1, -0.05) is 62.7 Å². The molecular formula is C20H21NO3S. The summed E-state index contributed by atoms with van der Waals surface area (Å²) >= 11 is 0. The van der Waals surface area contributed by atoms with Gasteiger partial charge in [0.15, 0.2) is 0 Å². The molecule has 25 heavy (non-hydrogen) atoms. The van der Waals surface area contributed by atoms with Gasteiger partial charge in [0, 0.05) is 11.1 Å². The van der Waals surface area contributed by atoms with Crippen molar-refractivity contribution in [1.29, 1.82) is 0 Å². The van der Waals surface area contributed by atoms with Crippen LogP contribution in [0, 0.1) is 12.3 Å². The number of carbonyl (C=O) groups is 1. The Balaban J connectivity index is 2.19. The van der Waals surface area contributed by atoms with E-state index in [0.29, 0.717) is 16.8 Å². The number of benzene rings is 2. The van der Waals surface area contributed by atoms with Crippen LogP contribution in [0.5, 0.6) is 0 Å². The molecule has 0 saturated heterocycles. The lowest BCUT2D eigenvalue weighted by Gasteiger charge is -2.18. The Bertz CT molecular complexity index is 965. The van der Waals surface area contributed by atoms with E-state index in [1.807, 2.05) is 39.8 Å². The summed E-state index contributed by atoms with van der Waals surface area (Å²) in [6, 6.07) is 13.5. The predicted octanol–water partition coefficient (Wildman–Crippen LogP) is 4.16. The Morgan fingerprint density at radius 3 is 2.16 bits per heavy atom. The van der Waals surface area contributed by atoms with E-state index in [0.717, 1.165) is 9.87 Å². The normalized spacial score (nSPS) is 16.4. The van der Waals surface area contributed by atoms with Gasteiger partial charge >= 0.3 is 0 Å². The number of sulfonamides is 1. The van der Waals surface area contributed by atoms with Gasteiger partial charge in [-0.05, 0) is 30.5 Å². The number of aryl methyl sites for hydroxylation is 1. The summed E-state index contributed by atoms with van der Waals surface area (Å²) < 4.78 is 27.1. The first kappa shape index (κ1) is 17.4. The standard InChI is InChI=1S/C20H21NO3S/c1-14-9-11-15(12-10-14)25(23,24)21-18-8-6-5-7-16(18)17(19(21)22)13-20(2,3)4/h5-13H,1-4H3/b17-13+. The fourth-order valence-electron chi connectivity index (χ4n) is 2.84. The number of allylic oxidation sites excluding steroid dienone is 1. The maximum Gasteiger partial charge on any atom is 0.272 e. The average molecular weight is 355 g/mol. The average Bonchev–Trinajstić information content (AvgIpc) is 2.79. The molecule has 0 atom stereocenters. The summed E-state index contributed by atoms with van der Waals surface area (Å²) in [5, 5.41) is 0. The fraction of sp³-hybridized carbons (Fsp3) is 0.250. The molecule has 1 aliphatic rings. The number of amides is 1. The first-order valence-electron chi connectivity index (χ1n) is 8.10. The number of hydrogen-bond donors (Lipinski definition) is 0. The minimum Gasteiger partial charge on any atom is -0.268 e. The second kappa shape index (κ2) is 5.85. The highest BCUT2D eigenvalue weighted by atomic mass is 32.2. The van der Waals surface area contributed by atoms with Crippen LogP contribution < -0.4 is 4.31 Å². The molecule has 0 bridgehead atoms. The van der Waals surface area contributed by atoms with Crippen LogP contribution in [0.1, 0.15) is 31.9 Å². The smallest absolute Gasteiger partial charge is 0.268 e. The van der Waals surface area contributed by atoms with E-state index in [-0.39, 0.29) is 10.3 Å². The molecule has 0 fully saturated rings. The monoisotopic (exact) mass is 355 g/mol. The lowest BCUT2D eigenvalue weighted by molar-refractivity contribution is -0.112. The van der Waals surface area contributed by atoms with E-state index in [2.05, 4.69) is 0 Å². The van der Waals surface area contributed by atoms with Crippen molar-refractivity contribution in [2.24, 2.45) is 5.41 Å². The van der Waals surface area contributed by atoms with Gasteiger partial charge in [0.25, 0.3) is 15.9 Å². The molecule has 1 amide bonds. The number of fused-ring (bicyclic) bond motifs is 1. The molecule has 0 N–H and O–H groups in total. The molecule has 2 aromatic carbocycles. The van der Waals surface area contributed by atoms with Crippen LogP contribution in [-0.2, 0) is 14.8 Å². The van der Waals surface area contributed by atoms with Crippen molar-refractivity contribution in [2.75, 3.05) is 4.31 Å². The summed E-state index contributed by atoms with van der Waals surface area (Å²) in [7, 11) is -3.96. The lowest BCUT2D eigenvalue weighted by atomic mass is 9.91. The zero-order valence-corrected chi connectivity index (χ0v) is 15.6. The van der Waals surface area contributed by atoms with Gasteiger partial charge in [-0.2, -0.15) is 4.31 Å². The van der Waals surface area contributed by atoms with Gasteiger partial charge < -0.3 is 0 Å². The van der Waals surface area contributed by atoms with E-state index in [9.17, 15) is 13.2 Å². The summed E-state index contributed by atoms with van der Waals surface area (Å²) in [4.78, 5) is 13.1. The Kier molecular flexibility index (Phi) is 4.07. The van der Waals surface area contributed by atoms with Gasteiger partial charge in [0.2, 0.25) is 0 Å². The van der Waals surface area contributed by atoms with Gasteiger partial charge in [-0.15, -0.1) is 0 Å². The van der Waals surface area contributed by atoms with Crippen LogP contribution in [0.4, 0.5) is 5.69 Å². The highest BCUT2D eigenvalue weighted by Crippen LogP contribution is 2.41. The molecule has 0 aliphatic carbocycles. The van der Waals surface area contributed by atoms with E-state index < -0.39 is 15.9 Å². The Labute approximate surface area is 148 Å². The fourth-order valence-corrected chi connectivity index (χ4v) is 4.26. The van der Waals surface area contributed by atoms with Crippen molar-refractivity contribution in [3.8, 4) is 0 Å². The number of hydrogen-bond acceptors (Lipinski definition) is 3. The molecule has 0 saturated carbocycles. The Morgan fingerprint density at radius 2 is 1.56 bits per heavy atom. The Hall–Kier alpha value is -2.40. The van der Waals surface area contributed by atoms with Crippen LogP contribution in [0.25, 0.3) is 5.57 Å². The second-order valence-corrected chi connectivity index (χ2v) is 9.12. The largest absolute Gasteiger partial charge is 0.272 e. The quantitative estimate of drug-likeness (QED) is 0.760. The zero-order chi connectivity index (χ0) is 18.4. The van der Waals surface area contributed by atoms with Crippen LogP contribution >= 0.6 is 0 Å². The van der Waals surface area contributed by atoms with Crippen molar-refractivity contribution >= 4 is 27.2 Å². The highest BCUT2D eigenvalue weighted by Gasteiger charge is 2.41. The number of nitrogens with zero attached hydrogens (tertiary/aromatic N) is 1. The zero-order valence-electron chi connectivity index (χ0n) is 14.8. The van der Waals surface area contributed by atoms with Crippen LogP contribution in [0.15, 0.2) is 59.5 Å². The predicted molar refractivity (Wildman–Crippen MR) is 99.7 cm³/mol. The van der Waals surface area contributed by atoms with Crippen molar-refractivity contribution in [2.45, 2.75) is 32.6 Å². The summed E-state index contributed by atoms with van der Waals surface area (Å²) in [6.07, 6.45) is 1.83. The topological polar surface area (TPSA) is 54.5 Å². The number of carbonyl (C=O) groups excluding carboxylic acids is 1. The maximum absolute atomic E-state index is 13.1. The van der Waals surface area contributed by atoms with E-state index in [1.165, 1.54) is 12.1 Å². The van der Waals surface area contributed by atoms with Gasteiger partial charge in [-0.3, -0.25) is 4.79 Å². The lowest BCUT2D eigenvalue weighted by Crippen LogP contribution is -2.33. The summed E-state index contributed by atoms with van der Waals surface area (Å²) in [5.74, 6) is -0.503. The summed E-state index contributed by atoms with van der Waals surface area (Å²) in [6.45, 7) is 7.82. The molecule has 1 aliphatic heterocycles. The van der Waals surface area contributed by atoms with Crippen LogP contribution in [-0.4, -0.2) is 14.3 Å². The van der Waals surface area contributed by atoms with Crippen LogP contribution in [0.2, 0.25) is 0 Å². The first-order valence-corrected chi connectivity index (χ1v) is 9.54. The maximum atomic E-state index is 13.1. The SMILES string of the molecule is Cc1ccc(S(=O)(=O)N2C(=O)/C(=C/C(C)(C)C)c3ccccc32)cc1. The van der Waals surface area contributed by atoms with Gasteiger partial charge in [0.05, 0.1) is 10.6 Å². The molecule has 0 spiro atoms. The number of anilines is 1. The third-order valence-corrected chi connectivity index (χ3v) is 5.68. The summed E-state index contributed by atoms with van der Waals surface area (Å²) in [5.41, 5.74) is 2.20. The van der Waals surface area contributed by atoms with Gasteiger partial charge in [-0.25, -0.2) is 8.42 Å². The van der Waals surface area contributed by atoms with Crippen LogP contribution in [0.3, 0.4) is 0 Å². The molecule has 0 aromatic heterocycles.